The predicted octanol–water partition coefficient (Wildman–Crippen LogP) is 4.69. The molecule has 0 saturated heterocycles. The van der Waals surface area contributed by atoms with E-state index in [-0.39, 0.29) is 12.3 Å². The first-order chi connectivity index (χ1) is 12.8. The number of imide groups is 1. The van der Waals surface area contributed by atoms with Crippen LogP contribution in [0.3, 0.4) is 0 Å². The molecule has 27 heavy (non-hydrogen) atoms. The molecule has 2 aromatic rings. The van der Waals surface area contributed by atoms with Crippen LogP contribution in [-0.4, -0.2) is 27.4 Å². The van der Waals surface area contributed by atoms with Crippen LogP contribution in [0.2, 0.25) is 5.02 Å². The highest BCUT2D eigenvalue weighted by Gasteiger charge is 2.33. The number of aromatic nitrogens is 1. The Hall–Kier alpha value is -2.84. The summed E-state index contributed by atoms with van der Waals surface area (Å²) in [5.74, 6) is 5.77. The first-order valence-electron chi connectivity index (χ1n) is 8.48. The summed E-state index contributed by atoms with van der Waals surface area (Å²) in [7, 11) is 0. The van der Waals surface area contributed by atoms with Crippen molar-refractivity contribution in [3.63, 3.8) is 0 Å². The van der Waals surface area contributed by atoms with Gasteiger partial charge in [0.05, 0.1) is 0 Å². The molecular formula is C21H21ClN2O3. The highest BCUT2D eigenvalue weighted by Crippen LogP contribution is 2.21. The maximum absolute atomic E-state index is 12.6. The predicted molar refractivity (Wildman–Crippen MR) is 104 cm³/mol. The van der Waals surface area contributed by atoms with Crippen molar-refractivity contribution in [1.82, 2.24) is 9.88 Å². The maximum Gasteiger partial charge on any atom is 0.422 e. The molecule has 0 fully saturated rings. The van der Waals surface area contributed by atoms with E-state index in [2.05, 4.69) is 16.8 Å². The first kappa shape index (κ1) is 20.5. The number of benzene rings is 1. The van der Waals surface area contributed by atoms with Crippen molar-refractivity contribution < 1.29 is 14.3 Å². The SMILES string of the molecule is CC(C)(C)N(C(=O)CCC#Cc1ccccn1)C(=O)Oc1ccc(Cl)cc1. The number of carbonyl (C=O) groups excluding carboxylic acids is 2. The van der Waals surface area contributed by atoms with Crippen LogP contribution in [-0.2, 0) is 4.79 Å². The van der Waals surface area contributed by atoms with E-state index >= 15 is 0 Å². The molecule has 1 heterocycles. The summed E-state index contributed by atoms with van der Waals surface area (Å²) < 4.78 is 5.32. The molecular weight excluding hydrogens is 364 g/mol. The number of halogens is 1. The van der Waals surface area contributed by atoms with Gasteiger partial charge in [-0.2, -0.15) is 0 Å². The van der Waals surface area contributed by atoms with Crippen LogP contribution in [0, 0.1) is 11.8 Å². The lowest BCUT2D eigenvalue weighted by Gasteiger charge is -2.32. The fourth-order valence-corrected chi connectivity index (χ4v) is 2.40. The van der Waals surface area contributed by atoms with E-state index in [1.807, 2.05) is 12.1 Å². The number of carbonyl (C=O) groups is 2. The average Bonchev–Trinajstić information content (AvgIpc) is 2.60. The van der Waals surface area contributed by atoms with E-state index in [1.54, 1.807) is 57.3 Å². The maximum atomic E-state index is 12.6. The molecule has 0 bridgehead atoms. The summed E-state index contributed by atoms with van der Waals surface area (Å²) in [5, 5.41) is 0.532. The minimum atomic E-state index is -0.729. The molecule has 2 rings (SSSR count). The molecule has 0 aliphatic carbocycles. The highest BCUT2D eigenvalue weighted by molar-refractivity contribution is 6.30. The van der Waals surface area contributed by atoms with Gasteiger partial charge in [0, 0.05) is 29.6 Å². The summed E-state index contributed by atoms with van der Waals surface area (Å²) in [6.07, 6.45) is 1.35. The monoisotopic (exact) mass is 384 g/mol. The lowest BCUT2D eigenvalue weighted by Crippen LogP contribution is -2.50. The molecule has 5 nitrogen and oxygen atoms in total. The minimum Gasteiger partial charge on any atom is -0.410 e. The van der Waals surface area contributed by atoms with Gasteiger partial charge in [0.15, 0.2) is 0 Å². The Morgan fingerprint density at radius 2 is 1.85 bits per heavy atom. The number of hydrogen-bond donors (Lipinski definition) is 0. The minimum absolute atomic E-state index is 0.104. The van der Waals surface area contributed by atoms with E-state index in [1.165, 1.54) is 0 Å². The molecule has 0 atom stereocenters. The summed E-state index contributed by atoms with van der Waals surface area (Å²) in [4.78, 5) is 30.4. The second-order valence-electron chi connectivity index (χ2n) is 6.74. The van der Waals surface area contributed by atoms with Gasteiger partial charge in [-0.3, -0.25) is 4.79 Å². The van der Waals surface area contributed by atoms with Crippen molar-refractivity contribution >= 4 is 23.6 Å². The third kappa shape index (κ3) is 6.43. The molecule has 6 heteroatoms. The molecule has 2 amide bonds. The quantitative estimate of drug-likeness (QED) is 0.720. The van der Waals surface area contributed by atoms with Crippen LogP contribution in [0.25, 0.3) is 0 Å². The van der Waals surface area contributed by atoms with Gasteiger partial charge >= 0.3 is 6.09 Å². The van der Waals surface area contributed by atoms with Crippen LogP contribution in [0.5, 0.6) is 5.75 Å². The molecule has 1 aromatic carbocycles. The largest absolute Gasteiger partial charge is 0.422 e. The summed E-state index contributed by atoms with van der Waals surface area (Å²) in [6.45, 7) is 5.31. The second kappa shape index (κ2) is 9.20. The van der Waals surface area contributed by atoms with Crippen LogP contribution < -0.4 is 4.74 Å². The van der Waals surface area contributed by atoms with Crippen LogP contribution in [0.4, 0.5) is 4.79 Å². The van der Waals surface area contributed by atoms with E-state index in [0.717, 1.165) is 4.90 Å². The van der Waals surface area contributed by atoms with Gasteiger partial charge in [-0.05, 0) is 63.1 Å². The zero-order chi connectivity index (χ0) is 19.9. The van der Waals surface area contributed by atoms with Gasteiger partial charge in [0.25, 0.3) is 0 Å². The Morgan fingerprint density at radius 3 is 2.44 bits per heavy atom. The van der Waals surface area contributed by atoms with Crippen LogP contribution in [0.1, 0.15) is 39.3 Å². The van der Waals surface area contributed by atoms with Gasteiger partial charge < -0.3 is 4.74 Å². The number of ether oxygens (including phenoxy) is 1. The molecule has 1 aromatic heterocycles. The summed E-state index contributed by atoms with van der Waals surface area (Å²) >= 11 is 5.83. The first-order valence-corrected chi connectivity index (χ1v) is 8.85. The molecule has 0 aliphatic rings. The molecule has 140 valence electrons. The highest BCUT2D eigenvalue weighted by atomic mass is 35.5. The number of rotatable bonds is 3. The number of amides is 2. The Bertz CT molecular complexity index is 847. The van der Waals surface area contributed by atoms with Crippen molar-refractivity contribution in [3.05, 3.63) is 59.4 Å². The van der Waals surface area contributed by atoms with Crippen LogP contribution >= 0.6 is 11.6 Å². The summed E-state index contributed by atoms with van der Waals surface area (Å²) in [6, 6.07) is 11.8. The van der Waals surface area contributed by atoms with E-state index in [4.69, 9.17) is 16.3 Å². The van der Waals surface area contributed by atoms with E-state index in [0.29, 0.717) is 22.9 Å². The molecule has 0 saturated carbocycles. The lowest BCUT2D eigenvalue weighted by molar-refractivity contribution is -0.132. The Labute approximate surface area is 164 Å². The topological polar surface area (TPSA) is 59.5 Å². The fraction of sp³-hybridized carbons (Fsp3) is 0.286. The zero-order valence-corrected chi connectivity index (χ0v) is 16.3. The normalized spacial score (nSPS) is 10.5. The molecule has 0 unspecified atom stereocenters. The number of hydrogen-bond acceptors (Lipinski definition) is 4. The average molecular weight is 385 g/mol. The third-order valence-electron chi connectivity index (χ3n) is 3.47. The van der Waals surface area contributed by atoms with E-state index in [9.17, 15) is 9.59 Å². The van der Waals surface area contributed by atoms with Gasteiger partial charge in [0.2, 0.25) is 5.91 Å². The lowest BCUT2D eigenvalue weighted by atomic mass is 10.1. The standard InChI is InChI=1S/C21H21ClN2O3/c1-21(2,3)24(20(26)27-18-13-11-16(22)12-14-18)19(25)10-5-4-8-17-9-6-7-15-23-17/h6-7,9,11-15H,5,10H2,1-3H3. The molecule has 0 aliphatic heterocycles. The van der Waals surface area contributed by atoms with Crippen molar-refractivity contribution in [2.24, 2.45) is 0 Å². The van der Waals surface area contributed by atoms with Gasteiger partial charge in [-0.15, -0.1) is 0 Å². The zero-order valence-electron chi connectivity index (χ0n) is 15.5. The van der Waals surface area contributed by atoms with Gasteiger partial charge in [0.1, 0.15) is 11.4 Å². The third-order valence-corrected chi connectivity index (χ3v) is 3.72. The van der Waals surface area contributed by atoms with Crippen molar-refractivity contribution in [2.45, 2.75) is 39.2 Å². The van der Waals surface area contributed by atoms with Gasteiger partial charge in [-0.1, -0.05) is 23.6 Å². The second-order valence-corrected chi connectivity index (χ2v) is 7.18. The molecule has 0 spiro atoms. The number of nitrogens with zero attached hydrogens (tertiary/aromatic N) is 2. The van der Waals surface area contributed by atoms with Crippen molar-refractivity contribution in [1.29, 1.82) is 0 Å². The van der Waals surface area contributed by atoms with Crippen molar-refractivity contribution in [3.8, 4) is 17.6 Å². The molecule has 0 N–H and O–H groups in total. The van der Waals surface area contributed by atoms with E-state index < -0.39 is 11.6 Å². The Morgan fingerprint density at radius 1 is 1.15 bits per heavy atom. The Kier molecular flexibility index (Phi) is 6.98. The van der Waals surface area contributed by atoms with Gasteiger partial charge in [-0.25, -0.2) is 14.7 Å². The number of pyridine rings is 1. The smallest absolute Gasteiger partial charge is 0.410 e. The van der Waals surface area contributed by atoms with Crippen molar-refractivity contribution in [2.75, 3.05) is 0 Å². The Balaban J connectivity index is 2.02. The fourth-order valence-electron chi connectivity index (χ4n) is 2.27. The summed E-state index contributed by atoms with van der Waals surface area (Å²) in [5.41, 5.74) is -0.0885. The van der Waals surface area contributed by atoms with Crippen LogP contribution in [0.15, 0.2) is 48.7 Å². The molecule has 0 radical (unpaired) electrons.